The molecule has 0 aliphatic carbocycles. The molecule has 0 aromatic heterocycles. The van der Waals surface area contributed by atoms with Gasteiger partial charge < -0.3 is 5.32 Å². The smallest absolute Gasteiger partial charge is 0.238 e. The maximum atomic E-state index is 11.8. The molecule has 0 spiro atoms. The summed E-state index contributed by atoms with van der Waals surface area (Å²) < 4.78 is 22.3. The van der Waals surface area contributed by atoms with E-state index in [0.29, 0.717) is 12.1 Å². The van der Waals surface area contributed by atoms with Gasteiger partial charge >= 0.3 is 0 Å². The van der Waals surface area contributed by atoms with E-state index in [1.165, 1.54) is 50.7 Å². The lowest BCUT2D eigenvalue weighted by atomic mass is 10.1. The number of nitrogens with two attached hydrogens (primary N) is 1. The lowest BCUT2D eigenvalue weighted by Gasteiger charge is -2.06. The van der Waals surface area contributed by atoms with Gasteiger partial charge in [-0.3, -0.25) is 4.79 Å². The minimum atomic E-state index is -3.69. The number of carbonyl (C=O) groups is 1. The van der Waals surface area contributed by atoms with E-state index in [1.807, 2.05) is 0 Å². The summed E-state index contributed by atoms with van der Waals surface area (Å²) >= 11 is 0. The van der Waals surface area contributed by atoms with Crippen LogP contribution in [-0.2, 0) is 14.8 Å². The zero-order valence-electron chi connectivity index (χ0n) is 13.9. The van der Waals surface area contributed by atoms with Crippen LogP contribution in [0.3, 0.4) is 0 Å². The molecule has 0 fully saturated rings. The van der Waals surface area contributed by atoms with Crippen LogP contribution < -0.4 is 10.5 Å². The lowest BCUT2D eigenvalue weighted by molar-refractivity contribution is -0.116. The van der Waals surface area contributed by atoms with Crippen molar-refractivity contribution in [2.45, 2.75) is 69.6 Å². The number of carbonyl (C=O) groups excluding carboxylic acids is 1. The summed E-state index contributed by atoms with van der Waals surface area (Å²) in [7, 11) is -3.69. The first-order chi connectivity index (χ1) is 10.9. The van der Waals surface area contributed by atoms with E-state index in [1.54, 1.807) is 12.1 Å². The molecule has 0 unspecified atom stereocenters. The molecule has 0 aliphatic heterocycles. The molecule has 0 bridgehead atoms. The Morgan fingerprint density at radius 3 is 2.00 bits per heavy atom. The fraction of sp³-hybridized carbons (Fsp3) is 0.588. The fourth-order valence-electron chi connectivity index (χ4n) is 2.37. The summed E-state index contributed by atoms with van der Waals surface area (Å²) in [5.41, 5.74) is 0.585. The van der Waals surface area contributed by atoms with E-state index in [9.17, 15) is 13.2 Å². The SMILES string of the molecule is CCCCCCCCCCC(=O)Nc1ccc(S(N)(=O)=O)cc1. The zero-order chi connectivity index (χ0) is 17.1. The van der Waals surface area contributed by atoms with E-state index in [2.05, 4.69) is 12.2 Å². The minimum Gasteiger partial charge on any atom is -0.326 e. The number of anilines is 1. The summed E-state index contributed by atoms with van der Waals surface area (Å²) in [5.74, 6) is -0.0423. The predicted octanol–water partition coefficient (Wildman–Crippen LogP) is 3.80. The Morgan fingerprint density at radius 1 is 0.957 bits per heavy atom. The van der Waals surface area contributed by atoms with Gasteiger partial charge in [0, 0.05) is 12.1 Å². The second-order valence-corrected chi connectivity index (χ2v) is 7.40. The zero-order valence-corrected chi connectivity index (χ0v) is 14.7. The van der Waals surface area contributed by atoms with Gasteiger partial charge in [-0.15, -0.1) is 0 Å². The van der Waals surface area contributed by atoms with Crippen molar-refractivity contribution >= 4 is 21.6 Å². The standard InChI is InChI=1S/C17H28N2O3S/c1-2-3-4-5-6-7-8-9-10-17(20)19-15-11-13-16(14-12-15)23(18,21)22/h11-14H,2-10H2,1H3,(H,19,20)(H2,18,21,22). The molecule has 0 saturated heterocycles. The Kier molecular flexibility index (Phi) is 8.87. The Balaban J connectivity index is 2.19. The number of nitrogens with one attached hydrogen (secondary N) is 1. The highest BCUT2D eigenvalue weighted by Gasteiger charge is 2.08. The molecular formula is C17H28N2O3S. The number of hydrogen-bond acceptors (Lipinski definition) is 3. The Hall–Kier alpha value is -1.40. The molecule has 23 heavy (non-hydrogen) atoms. The molecule has 5 nitrogen and oxygen atoms in total. The van der Waals surface area contributed by atoms with Crippen molar-refractivity contribution in [3.63, 3.8) is 0 Å². The molecule has 1 rings (SSSR count). The van der Waals surface area contributed by atoms with Crippen molar-refractivity contribution in [1.82, 2.24) is 0 Å². The number of unbranched alkanes of at least 4 members (excludes halogenated alkanes) is 7. The van der Waals surface area contributed by atoms with Crippen LogP contribution in [0.5, 0.6) is 0 Å². The topological polar surface area (TPSA) is 89.3 Å². The highest BCUT2D eigenvalue weighted by Crippen LogP contribution is 2.14. The van der Waals surface area contributed by atoms with Gasteiger partial charge in [0.25, 0.3) is 0 Å². The molecule has 0 atom stereocenters. The van der Waals surface area contributed by atoms with E-state index in [-0.39, 0.29) is 10.8 Å². The van der Waals surface area contributed by atoms with Crippen molar-refractivity contribution in [3.8, 4) is 0 Å². The van der Waals surface area contributed by atoms with Crippen LogP contribution in [0.2, 0.25) is 0 Å². The quantitative estimate of drug-likeness (QED) is 0.600. The molecule has 0 saturated carbocycles. The normalized spacial score (nSPS) is 11.4. The fourth-order valence-corrected chi connectivity index (χ4v) is 2.89. The second kappa shape index (κ2) is 10.4. The molecule has 0 radical (unpaired) electrons. The highest BCUT2D eigenvalue weighted by atomic mass is 32.2. The van der Waals surface area contributed by atoms with Gasteiger partial charge in [0.1, 0.15) is 0 Å². The Labute approximate surface area is 139 Å². The number of benzene rings is 1. The van der Waals surface area contributed by atoms with Gasteiger partial charge in [0.2, 0.25) is 15.9 Å². The molecule has 0 aliphatic rings. The van der Waals surface area contributed by atoms with Crippen LogP contribution in [0.4, 0.5) is 5.69 Å². The first-order valence-corrected chi connectivity index (χ1v) is 9.91. The molecule has 1 aromatic rings. The average molecular weight is 340 g/mol. The molecular weight excluding hydrogens is 312 g/mol. The van der Waals surface area contributed by atoms with Gasteiger partial charge in [0.05, 0.1) is 4.90 Å². The largest absolute Gasteiger partial charge is 0.326 e. The third kappa shape index (κ3) is 8.71. The van der Waals surface area contributed by atoms with Crippen LogP contribution >= 0.6 is 0 Å². The third-order valence-electron chi connectivity index (χ3n) is 3.72. The molecule has 1 aromatic carbocycles. The van der Waals surface area contributed by atoms with Crippen LogP contribution in [0.1, 0.15) is 64.7 Å². The summed E-state index contributed by atoms with van der Waals surface area (Å²) in [6, 6.07) is 5.87. The Morgan fingerprint density at radius 2 is 1.48 bits per heavy atom. The molecule has 130 valence electrons. The molecule has 6 heteroatoms. The van der Waals surface area contributed by atoms with Crippen molar-refractivity contribution in [1.29, 1.82) is 0 Å². The van der Waals surface area contributed by atoms with Gasteiger partial charge in [-0.2, -0.15) is 0 Å². The van der Waals surface area contributed by atoms with Crippen molar-refractivity contribution in [2.75, 3.05) is 5.32 Å². The highest BCUT2D eigenvalue weighted by molar-refractivity contribution is 7.89. The maximum Gasteiger partial charge on any atom is 0.238 e. The van der Waals surface area contributed by atoms with E-state index in [0.717, 1.165) is 12.8 Å². The first kappa shape index (κ1) is 19.6. The summed E-state index contributed by atoms with van der Waals surface area (Å²) in [4.78, 5) is 11.9. The molecule has 0 heterocycles. The van der Waals surface area contributed by atoms with Crippen molar-refractivity contribution < 1.29 is 13.2 Å². The number of amides is 1. The molecule has 3 N–H and O–H groups in total. The van der Waals surface area contributed by atoms with Crippen LogP contribution in [-0.4, -0.2) is 14.3 Å². The van der Waals surface area contributed by atoms with Gasteiger partial charge in [-0.25, -0.2) is 13.6 Å². The monoisotopic (exact) mass is 340 g/mol. The number of sulfonamides is 1. The second-order valence-electron chi connectivity index (χ2n) is 5.84. The van der Waals surface area contributed by atoms with Crippen molar-refractivity contribution in [3.05, 3.63) is 24.3 Å². The van der Waals surface area contributed by atoms with Gasteiger partial charge in [0.15, 0.2) is 0 Å². The number of primary sulfonamides is 1. The maximum absolute atomic E-state index is 11.8. The summed E-state index contributed by atoms with van der Waals surface area (Å²) in [6.07, 6.45) is 10.0. The van der Waals surface area contributed by atoms with Gasteiger partial charge in [-0.05, 0) is 30.7 Å². The van der Waals surface area contributed by atoms with Gasteiger partial charge in [-0.1, -0.05) is 51.9 Å². The van der Waals surface area contributed by atoms with Crippen LogP contribution in [0.25, 0.3) is 0 Å². The number of rotatable bonds is 11. The average Bonchev–Trinajstić information content (AvgIpc) is 2.49. The first-order valence-electron chi connectivity index (χ1n) is 8.36. The summed E-state index contributed by atoms with van der Waals surface area (Å²) in [6.45, 7) is 2.21. The lowest BCUT2D eigenvalue weighted by Crippen LogP contribution is -2.13. The van der Waals surface area contributed by atoms with Crippen molar-refractivity contribution in [2.24, 2.45) is 5.14 Å². The number of hydrogen-bond donors (Lipinski definition) is 2. The van der Waals surface area contributed by atoms with E-state index >= 15 is 0 Å². The van der Waals surface area contributed by atoms with E-state index in [4.69, 9.17) is 5.14 Å². The molecule has 1 amide bonds. The Bertz CT molecular complexity index is 568. The summed E-state index contributed by atoms with van der Waals surface area (Å²) in [5, 5.41) is 7.79. The van der Waals surface area contributed by atoms with Crippen LogP contribution in [0.15, 0.2) is 29.2 Å². The van der Waals surface area contributed by atoms with Crippen LogP contribution in [0, 0.1) is 0 Å². The third-order valence-corrected chi connectivity index (χ3v) is 4.65. The van der Waals surface area contributed by atoms with E-state index < -0.39 is 10.0 Å². The predicted molar refractivity (Wildman–Crippen MR) is 93.7 cm³/mol. The minimum absolute atomic E-state index is 0.0403.